The Morgan fingerprint density at radius 3 is 2.19 bits per heavy atom. The molecule has 0 saturated carbocycles. The molecule has 0 unspecified atom stereocenters. The number of halogens is 3. The smallest absolute Gasteiger partial charge is 0.272 e. The van der Waals surface area contributed by atoms with Crippen LogP contribution in [0.5, 0.6) is 0 Å². The number of likely N-dealkylation sites (tertiary alicyclic amines) is 1. The summed E-state index contributed by atoms with van der Waals surface area (Å²) in [4.78, 5) is 14.7. The molecule has 3 atom stereocenters. The minimum Gasteiger partial charge on any atom is -0.392 e. The van der Waals surface area contributed by atoms with Crippen LogP contribution in [0.3, 0.4) is 0 Å². The van der Waals surface area contributed by atoms with Crippen molar-refractivity contribution in [2.45, 2.75) is 74.0 Å². The number of aliphatic hydroxyl groups is 1. The van der Waals surface area contributed by atoms with Gasteiger partial charge in [-0.05, 0) is 53.7 Å². The summed E-state index contributed by atoms with van der Waals surface area (Å²) >= 11 is 17.2. The Kier molecular flexibility index (Phi) is 11.4. The van der Waals surface area contributed by atoms with Crippen molar-refractivity contribution in [3.05, 3.63) is 95.1 Å². The van der Waals surface area contributed by atoms with E-state index in [9.17, 15) is 9.90 Å². The monoisotopic (exact) mass is 644 g/mol. The summed E-state index contributed by atoms with van der Waals surface area (Å²) in [6.07, 6.45) is 6.56. The lowest BCUT2D eigenvalue weighted by Gasteiger charge is -2.39. The predicted molar refractivity (Wildman–Crippen MR) is 172 cm³/mol. The molecule has 0 aromatic heterocycles. The van der Waals surface area contributed by atoms with Gasteiger partial charge in [-0.25, -0.2) is 0 Å². The molecule has 5 rings (SSSR count). The number of ether oxygens (including phenoxy) is 2. The molecule has 0 bridgehead atoms. The summed E-state index contributed by atoms with van der Waals surface area (Å²) in [6, 6.07) is 24.0. The first-order valence-corrected chi connectivity index (χ1v) is 16.2. The Hall–Kier alpha value is -2.16. The summed E-state index contributed by atoms with van der Waals surface area (Å²) in [5.41, 5.74) is 5.79. The fraction of sp³-hybridized carbons (Fsp3) is 0.441. The van der Waals surface area contributed by atoms with Crippen molar-refractivity contribution in [2.24, 2.45) is 0 Å². The minimum atomic E-state index is -2.01. The highest BCUT2D eigenvalue weighted by molar-refractivity contribution is 6.76. The third kappa shape index (κ3) is 8.95. The van der Waals surface area contributed by atoms with Gasteiger partial charge in [-0.15, -0.1) is 0 Å². The first-order chi connectivity index (χ1) is 20.8. The highest BCUT2D eigenvalue weighted by Gasteiger charge is 2.33. The van der Waals surface area contributed by atoms with E-state index in [2.05, 4.69) is 10.2 Å². The number of nitrogens with one attached hydrogen (secondary N) is 1. The van der Waals surface area contributed by atoms with Crippen LogP contribution in [0.2, 0.25) is 0 Å². The highest BCUT2D eigenvalue weighted by Crippen LogP contribution is 2.39. The van der Waals surface area contributed by atoms with E-state index in [1.165, 1.54) is 32.1 Å². The topological polar surface area (TPSA) is 71.0 Å². The highest BCUT2D eigenvalue weighted by atomic mass is 35.6. The molecule has 3 aromatic rings. The van der Waals surface area contributed by atoms with Crippen molar-refractivity contribution in [1.82, 2.24) is 10.2 Å². The lowest BCUT2D eigenvalue weighted by atomic mass is 9.97. The van der Waals surface area contributed by atoms with Crippen LogP contribution in [0, 0.1) is 0 Å². The van der Waals surface area contributed by atoms with Crippen molar-refractivity contribution in [3.8, 4) is 11.1 Å². The molecule has 2 heterocycles. The first kappa shape index (κ1) is 32.2. The molecule has 2 saturated heterocycles. The number of benzene rings is 3. The van der Waals surface area contributed by atoms with Crippen molar-refractivity contribution >= 4 is 40.7 Å². The molecule has 6 nitrogen and oxygen atoms in total. The van der Waals surface area contributed by atoms with E-state index in [0.717, 1.165) is 59.4 Å². The van der Waals surface area contributed by atoms with Crippen molar-refractivity contribution < 1.29 is 19.4 Å². The molecule has 0 spiro atoms. The predicted octanol–water partition coefficient (Wildman–Crippen LogP) is 7.64. The van der Waals surface area contributed by atoms with Crippen LogP contribution >= 0.6 is 34.8 Å². The van der Waals surface area contributed by atoms with Crippen molar-refractivity contribution in [1.29, 1.82) is 0 Å². The fourth-order valence-electron chi connectivity index (χ4n) is 5.87. The third-order valence-corrected chi connectivity index (χ3v) is 8.75. The summed E-state index contributed by atoms with van der Waals surface area (Å²) in [6.45, 7) is 3.35. The summed E-state index contributed by atoms with van der Waals surface area (Å²) in [7, 11) is 0. The molecule has 43 heavy (non-hydrogen) atoms. The van der Waals surface area contributed by atoms with E-state index in [-0.39, 0.29) is 25.4 Å². The van der Waals surface area contributed by atoms with Gasteiger partial charge in [0.25, 0.3) is 9.70 Å². The van der Waals surface area contributed by atoms with Gasteiger partial charge >= 0.3 is 0 Å². The number of aliphatic hydroxyl groups excluding tert-OH is 1. The van der Waals surface area contributed by atoms with Gasteiger partial charge in [-0.1, -0.05) is 127 Å². The normalized spacial score (nSPS) is 22.0. The van der Waals surface area contributed by atoms with Crippen molar-refractivity contribution in [2.75, 3.05) is 19.6 Å². The van der Waals surface area contributed by atoms with E-state index in [4.69, 9.17) is 44.3 Å². The third-order valence-electron chi connectivity index (χ3n) is 8.23. The second-order valence-electron chi connectivity index (χ2n) is 11.4. The van der Waals surface area contributed by atoms with Crippen LogP contribution in [-0.2, 0) is 27.4 Å². The van der Waals surface area contributed by atoms with E-state index in [0.29, 0.717) is 0 Å². The Morgan fingerprint density at radius 2 is 1.51 bits per heavy atom. The van der Waals surface area contributed by atoms with E-state index in [1.807, 2.05) is 72.8 Å². The second-order valence-corrected chi connectivity index (χ2v) is 13.7. The zero-order valence-electron chi connectivity index (χ0n) is 24.2. The van der Waals surface area contributed by atoms with Gasteiger partial charge < -0.3 is 24.8 Å². The fourth-order valence-corrected chi connectivity index (χ4v) is 6.07. The molecule has 230 valence electrons. The molecule has 2 fully saturated rings. The Morgan fingerprint density at radius 1 is 0.860 bits per heavy atom. The molecular formula is C34H39Cl3N2O4. The Bertz CT molecular complexity index is 1320. The lowest BCUT2D eigenvalue weighted by Crippen LogP contribution is -2.40. The van der Waals surface area contributed by atoms with Crippen LogP contribution in [0.4, 0.5) is 0 Å². The quantitative estimate of drug-likeness (QED) is 0.247. The molecule has 2 aliphatic heterocycles. The van der Waals surface area contributed by atoms with Gasteiger partial charge in [0.05, 0.1) is 18.8 Å². The zero-order valence-corrected chi connectivity index (χ0v) is 26.5. The molecule has 0 aliphatic carbocycles. The lowest BCUT2D eigenvalue weighted by molar-refractivity contribution is -0.253. The summed E-state index contributed by atoms with van der Waals surface area (Å²) in [5.74, 6) is -0.667. The van der Waals surface area contributed by atoms with E-state index < -0.39 is 16.0 Å². The molecule has 1 amide bonds. The number of carbonyl (C=O) groups is 1. The summed E-state index contributed by atoms with van der Waals surface area (Å²) in [5, 5.41) is 12.2. The maximum absolute atomic E-state index is 12.1. The number of carbonyl (C=O) groups excluding carboxylic acids is 1. The second kappa shape index (κ2) is 15.2. The van der Waals surface area contributed by atoms with Gasteiger partial charge in [0.1, 0.15) is 0 Å². The zero-order chi connectivity index (χ0) is 30.2. The minimum absolute atomic E-state index is 0.0177. The number of hydrogen-bond acceptors (Lipinski definition) is 5. The van der Waals surface area contributed by atoms with Gasteiger partial charge in [-0.2, -0.15) is 0 Å². The number of alkyl halides is 3. The maximum Gasteiger partial charge on any atom is 0.272 e. The Labute approximate surface area is 269 Å². The van der Waals surface area contributed by atoms with Crippen LogP contribution in [0.1, 0.15) is 73.2 Å². The largest absolute Gasteiger partial charge is 0.392 e. The van der Waals surface area contributed by atoms with Crippen molar-refractivity contribution in [3.63, 3.8) is 0 Å². The first-order valence-electron chi connectivity index (χ1n) is 15.1. The van der Waals surface area contributed by atoms with Crippen LogP contribution in [0.15, 0.2) is 72.8 Å². The molecule has 0 radical (unpaired) electrons. The summed E-state index contributed by atoms with van der Waals surface area (Å²) < 4.78 is 11.2. The molecular weight excluding hydrogens is 607 g/mol. The van der Waals surface area contributed by atoms with Crippen LogP contribution < -0.4 is 5.32 Å². The SMILES string of the molecule is O=C(NCc1ccccc1-c1ccc([C@@H]2O[C@H](CN3CCCCCCC3)C[C@H](c3ccc(CO)cc3)O2)cc1)C(Cl)(Cl)Cl. The van der Waals surface area contributed by atoms with Crippen LogP contribution in [-0.4, -0.2) is 45.4 Å². The molecule has 3 aromatic carbocycles. The number of hydrogen-bond donors (Lipinski definition) is 2. The number of amides is 1. The molecule has 2 aliphatic rings. The van der Waals surface area contributed by atoms with Gasteiger partial charge in [-0.3, -0.25) is 4.79 Å². The van der Waals surface area contributed by atoms with Gasteiger partial charge in [0.15, 0.2) is 6.29 Å². The molecule has 9 heteroatoms. The van der Waals surface area contributed by atoms with Gasteiger partial charge in [0, 0.05) is 25.1 Å². The maximum atomic E-state index is 12.1. The Balaban J connectivity index is 1.34. The van der Waals surface area contributed by atoms with Gasteiger partial charge in [0.2, 0.25) is 0 Å². The standard InChI is InChI=1S/C34H39Cl3N2O4/c35-34(36,37)33(41)38-21-28-8-4-5-9-30(28)25-14-16-27(17-15-25)32-42-29(22-39-18-6-2-1-3-7-19-39)20-31(43-32)26-12-10-24(23-40)11-13-26/h4-5,8-17,29,31-32,40H,1-3,6-7,18-23H2,(H,38,41)/t29-,31+,32+/m0/s1. The number of nitrogens with zero attached hydrogens (tertiary/aromatic N) is 1. The van der Waals surface area contributed by atoms with E-state index in [1.54, 1.807) is 0 Å². The van der Waals surface area contributed by atoms with E-state index >= 15 is 0 Å². The van der Waals surface area contributed by atoms with Crippen LogP contribution in [0.25, 0.3) is 11.1 Å². The molecule has 2 N–H and O–H groups in total. The average Bonchev–Trinajstić information content (AvgIpc) is 3.01. The number of rotatable bonds is 8. The average molecular weight is 646 g/mol.